The molecule has 0 atom stereocenters. The molecule has 0 aliphatic heterocycles. The van der Waals surface area contributed by atoms with E-state index in [9.17, 15) is 14.0 Å². The third-order valence-corrected chi connectivity index (χ3v) is 5.16. The van der Waals surface area contributed by atoms with E-state index in [4.69, 9.17) is 0 Å². The summed E-state index contributed by atoms with van der Waals surface area (Å²) in [6.45, 7) is 0. The Balaban J connectivity index is 1.48. The molecule has 1 amide bonds. The Morgan fingerprint density at radius 2 is 1.88 bits per heavy atom. The van der Waals surface area contributed by atoms with Crippen LogP contribution in [0.25, 0.3) is 11.3 Å². The highest BCUT2D eigenvalue weighted by atomic mass is 32.1. The number of rotatable bonds is 7. The van der Waals surface area contributed by atoms with Crippen LogP contribution in [0.15, 0.2) is 47.2 Å². The first-order chi connectivity index (χ1) is 12.1. The van der Waals surface area contributed by atoms with Gasteiger partial charge in [-0.2, -0.15) is 0 Å². The minimum absolute atomic E-state index is 0.0654. The second-order valence-electron chi connectivity index (χ2n) is 5.35. The number of anilines is 1. The molecule has 4 nitrogen and oxygen atoms in total. The van der Waals surface area contributed by atoms with Gasteiger partial charge in [0.05, 0.1) is 10.6 Å². The number of ketones is 1. The summed E-state index contributed by atoms with van der Waals surface area (Å²) in [5.74, 6) is -0.403. The molecule has 0 saturated carbocycles. The van der Waals surface area contributed by atoms with Crippen molar-refractivity contribution in [1.82, 2.24) is 4.98 Å². The third-order valence-electron chi connectivity index (χ3n) is 3.49. The van der Waals surface area contributed by atoms with E-state index < -0.39 is 0 Å². The molecule has 7 heteroatoms. The normalized spacial score (nSPS) is 10.6. The monoisotopic (exact) mass is 374 g/mol. The molecule has 2 heterocycles. The fraction of sp³-hybridized carbons (Fsp3) is 0.167. The summed E-state index contributed by atoms with van der Waals surface area (Å²) >= 11 is 2.72. The maximum atomic E-state index is 12.9. The van der Waals surface area contributed by atoms with Crippen molar-refractivity contribution < 1.29 is 14.0 Å². The number of nitrogens with one attached hydrogen (secondary N) is 1. The van der Waals surface area contributed by atoms with E-state index in [2.05, 4.69) is 10.3 Å². The van der Waals surface area contributed by atoms with Crippen molar-refractivity contribution in [3.05, 3.63) is 57.9 Å². The highest BCUT2D eigenvalue weighted by Gasteiger charge is 2.11. The average Bonchev–Trinajstić information content (AvgIpc) is 3.27. The quantitative estimate of drug-likeness (QED) is 0.592. The number of carbonyl (C=O) groups excluding carboxylic acids is 2. The zero-order valence-corrected chi connectivity index (χ0v) is 14.8. The predicted octanol–water partition coefficient (Wildman–Crippen LogP) is 5.00. The molecule has 0 saturated heterocycles. The Hall–Kier alpha value is -2.38. The molecule has 3 rings (SSSR count). The van der Waals surface area contributed by atoms with Gasteiger partial charge in [-0.1, -0.05) is 6.07 Å². The number of halogens is 1. The summed E-state index contributed by atoms with van der Waals surface area (Å²) in [4.78, 5) is 28.9. The van der Waals surface area contributed by atoms with Gasteiger partial charge < -0.3 is 5.32 Å². The second kappa shape index (κ2) is 8.13. The lowest BCUT2D eigenvalue weighted by Gasteiger charge is -2.01. The standard InChI is InChI=1S/C18H15FN2O2S2/c19-13-8-6-12(7-9-13)14-11-25-18(20-14)21-17(23)5-1-3-15(22)16-4-2-10-24-16/h2,4,6-11H,1,3,5H2,(H,20,21,23). The van der Waals surface area contributed by atoms with Crippen LogP contribution in [-0.4, -0.2) is 16.7 Å². The largest absolute Gasteiger partial charge is 0.302 e. The van der Waals surface area contributed by atoms with E-state index >= 15 is 0 Å². The fourth-order valence-electron chi connectivity index (χ4n) is 2.24. The molecule has 0 aliphatic rings. The van der Waals surface area contributed by atoms with E-state index in [1.807, 2.05) is 16.8 Å². The van der Waals surface area contributed by atoms with Gasteiger partial charge in [-0.3, -0.25) is 9.59 Å². The van der Waals surface area contributed by atoms with E-state index in [0.717, 1.165) is 10.4 Å². The van der Waals surface area contributed by atoms with Crippen LogP contribution in [0.2, 0.25) is 0 Å². The fourth-order valence-corrected chi connectivity index (χ4v) is 3.67. The number of aromatic nitrogens is 1. The summed E-state index contributed by atoms with van der Waals surface area (Å²) in [7, 11) is 0. The molecular weight excluding hydrogens is 359 g/mol. The van der Waals surface area contributed by atoms with Gasteiger partial charge in [0.25, 0.3) is 0 Å². The molecule has 1 aromatic carbocycles. The number of carbonyl (C=O) groups is 2. The number of amides is 1. The van der Waals surface area contributed by atoms with Crippen molar-refractivity contribution >= 4 is 39.5 Å². The predicted molar refractivity (Wildman–Crippen MR) is 98.6 cm³/mol. The van der Waals surface area contributed by atoms with E-state index in [1.54, 1.807) is 18.2 Å². The Morgan fingerprint density at radius 1 is 1.08 bits per heavy atom. The number of hydrogen-bond donors (Lipinski definition) is 1. The van der Waals surface area contributed by atoms with Gasteiger partial charge in [0.1, 0.15) is 5.82 Å². The molecule has 0 unspecified atom stereocenters. The van der Waals surface area contributed by atoms with Crippen LogP contribution in [0.5, 0.6) is 0 Å². The van der Waals surface area contributed by atoms with Crippen LogP contribution in [0.3, 0.4) is 0 Å². The van der Waals surface area contributed by atoms with Crippen molar-refractivity contribution in [2.45, 2.75) is 19.3 Å². The second-order valence-corrected chi connectivity index (χ2v) is 7.15. The van der Waals surface area contributed by atoms with Gasteiger partial charge in [0.15, 0.2) is 10.9 Å². The van der Waals surface area contributed by atoms with Gasteiger partial charge in [0, 0.05) is 23.8 Å². The first-order valence-corrected chi connectivity index (χ1v) is 9.46. The highest BCUT2D eigenvalue weighted by Crippen LogP contribution is 2.25. The molecule has 0 fully saturated rings. The van der Waals surface area contributed by atoms with Gasteiger partial charge in [-0.25, -0.2) is 9.37 Å². The van der Waals surface area contributed by atoms with Crippen molar-refractivity contribution in [3.8, 4) is 11.3 Å². The van der Waals surface area contributed by atoms with Crippen molar-refractivity contribution in [3.63, 3.8) is 0 Å². The molecule has 0 spiro atoms. The zero-order valence-electron chi connectivity index (χ0n) is 13.2. The molecule has 25 heavy (non-hydrogen) atoms. The molecule has 3 aromatic rings. The van der Waals surface area contributed by atoms with Crippen molar-refractivity contribution in [1.29, 1.82) is 0 Å². The molecule has 128 valence electrons. The van der Waals surface area contributed by atoms with E-state index in [0.29, 0.717) is 23.7 Å². The van der Waals surface area contributed by atoms with Crippen LogP contribution in [0.1, 0.15) is 28.9 Å². The SMILES string of the molecule is O=C(CCCC(=O)c1cccs1)Nc1nc(-c2ccc(F)cc2)cs1. The highest BCUT2D eigenvalue weighted by molar-refractivity contribution is 7.14. The number of hydrogen-bond acceptors (Lipinski definition) is 5. The minimum Gasteiger partial charge on any atom is -0.302 e. The first kappa shape index (κ1) is 17.4. The van der Waals surface area contributed by atoms with Crippen LogP contribution in [-0.2, 0) is 4.79 Å². The van der Waals surface area contributed by atoms with Crippen LogP contribution in [0, 0.1) is 5.82 Å². The third kappa shape index (κ3) is 4.80. The van der Waals surface area contributed by atoms with E-state index in [-0.39, 0.29) is 23.9 Å². The molecule has 0 aliphatic carbocycles. The Morgan fingerprint density at radius 3 is 2.60 bits per heavy atom. The molecule has 0 radical (unpaired) electrons. The van der Waals surface area contributed by atoms with Crippen LogP contribution >= 0.6 is 22.7 Å². The molecule has 0 bridgehead atoms. The summed E-state index contributed by atoms with van der Waals surface area (Å²) in [6, 6.07) is 9.67. The summed E-state index contributed by atoms with van der Waals surface area (Å²) in [6.07, 6.45) is 1.12. The molecule has 2 aromatic heterocycles. The maximum absolute atomic E-state index is 12.9. The van der Waals surface area contributed by atoms with Crippen molar-refractivity contribution in [2.75, 3.05) is 5.32 Å². The van der Waals surface area contributed by atoms with Crippen molar-refractivity contribution in [2.24, 2.45) is 0 Å². The number of thiophene rings is 1. The summed E-state index contributed by atoms with van der Waals surface area (Å²) in [5.41, 5.74) is 1.48. The van der Waals surface area contributed by atoms with Crippen LogP contribution < -0.4 is 5.32 Å². The number of Topliss-reactive ketones (excluding diaryl/α,β-unsaturated/α-hetero) is 1. The number of benzene rings is 1. The molecular formula is C18H15FN2O2S2. The zero-order chi connectivity index (χ0) is 17.6. The average molecular weight is 374 g/mol. The molecule has 1 N–H and O–H groups in total. The van der Waals surface area contributed by atoms with E-state index in [1.165, 1.54) is 34.8 Å². The summed E-state index contributed by atoms with van der Waals surface area (Å²) < 4.78 is 12.9. The minimum atomic E-state index is -0.301. The summed E-state index contributed by atoms with van der Waals surface area (Å²) in [5, 5.41) is 6.90. The Bertz CT molecular complexity index is 858. The lowest BCUT2D eigenvalue weighted by atomic mass is 10.1. The first-order valence-electron chi connectivity index (χ1n) is 7.70. The lowest BCUT2D eigenvalue weighted by Crippen LogP contribution is -2.11. The Labute approximate surface area is 152 Å². The number of nitrogens with zero attached hydrogens (tertiary/aromatic N) is 1. The smallest absolute Gasteiger partial charge is 0.226 e. The lowest BCUT2D eigenvalue weighted by molar-refractivity contribution is -0.116. The van der Waals surface area contributed by atoms with Gasteiger partial charge in [-0.05, 0) is 42.1 Å². The van der Waals surface area contributed by atoms with Gasteiger partial charge in [-0.15, -0.1) is 22.7 Å². The number of thiazole rings is 1. The van der Waals surface area contributed by atoms with Gasteiger partial charge >= 0.3 is 0 Å². The Kier molecular flexibility index (Phi) is 5.67. The topological polar surface area (TPSA) is 59.1 Å². The van der Waals surface area contributed by atoms with Crippen LogP contribution in [0.4, 0.5) is 9.52 Å². The maximum Gasteiger partial charge on any atom is 0.226 e. The van der Waals surface area contributed by atoms with Gasteiger partial charge in [0.2, 0.25) is 5.91 Å².